The van der Waals surface area contributed by atoms with Gasteiger partial charge in [0.25, 0.3) is 0 Å². The molecule has 0 aliphatic rings. The molecule has 0 saturated heterocycles. The second-order valence-electron chi connectivity index (χ2n) is 3.24. The maximum atomic E-state index is 10.9. The number of fused-ring (bicyclic) bond motifs is 1. The molecule has 0 amide bonds. The Labute approximate surface area is 86.3 Å². The fourth-order valence-corrected chi connectivity index (χ4v) is 1.61. The van der Waals surface area contributed by atoms with Crippen molar-refractivity contribution in [3.05, 3.63) is 35.4 Å². The zero-order valence-corrected chi connectivity index (χ0v) is 8.45. The second kappa shape index (κ2) is 3.42. The summed E-state index contributed by atoms with van der Waals surface area (Å²) in [6.45, 7) is 1.57. The molecule has 14 heavy (non-hydrogen) atoms. The zero-order valence-electron chi connectivity index (χ0n) is 7.70. The van der Waals surface area contributed by atoms with Crippen LogP contribution in [0.3, 0.4) is 0 Å². The molecule has 2 aromatic heterocycles. The quantitative estimate of drug-likeness (QED) is 0.758. The number of halogens is 1. The van der Waals surface area contributed by atoms with Crippen molar-refractivity contribution >= 4 is 22.9 Å². The summed E-state index contributed by atoms with van der Waals surface area (Å²) >= 11 is 5.83. The fraction of sp³-hybridized carbons (Fsp3) is 0.200. The normalized spacial score (nSPS) is 10.7. The van der Waals surface area contributed by atoms with Gasteiger partial charge in [-0.15, -0.1) is 0 Å². The minimum Gasteiger partial charge on any atom is -0.304 e. The van der Waals surface area contributed by atoms with Crippen LogP contribution < -0.4 is 0 Å². The number of hydrogen-bond donors (Lipinski definition) is 0. The molecular formula is C10H9ClN2O. The second-order valence-corrected chi connectivity index (χ2v) is 3.60. The van der Waals surface area contributed by atoms with E-state index in [9.17, 15) is 4.79 Å². The summed E-state index contributed by atoms with van der Waals surface area (Å²) in [5, 5.41) is 0.486. The number of hydrogen-bond acceptors (Lipinski definition) is 2. The lowest BCUT2D eigenvalue weighted by Crippen LogP contribution is -1.97. The summed E-state index contributed by atoms with van der Waals surface area (Å²) in [5.41, 5.74) is 1.83. The molecule has 72 valence electrons. The molecule has 2 heterocycles. The van der Waals surface area contributed by atoms with E-state index in [1.54, 1.807) is 13.3 Å². The first-order chi connectivity index (χ1) is 6.66. The summed E-state index contributed by atoms with van der Waals surface area (Å²) in [5.74, 6) is 0.149. The van der Waals surface area contributed by atoms with Crippen molar-refractivity contribution < 1.29 is 4.79 Å². The monoisotopic (exact) mass is 208 g/mol. The largest absolute Gasteiger partial charge is 0.304 e. The Morgan fingerprint density at radius 2 is 2.36 bits per heavy atom. The van der Waals surface area contributed by atoms with Gasteiger partial charge in [-0.05, 0) is 18.6 Å². The van der Waals surface area contributed by atoms with Crippen LogP contribution in [0.1, 0.15) is 12.5 Å². The number of rotatable bonds is 2. The molecule has 0 N–H and O–H groups in total. The summed E-state index contributed by atoms with van der Waals surface area (Å²) in [4.78, 5) is 14.9. The third-order valence-corrected chi connectivity index (χ3v) is 2.29. The minimum atomic E-state index is 0.149. The zero-order chi connectivity index (χ0) is 10.1. The first kappa shape index (κ1) is 9.21. The van der Waals surface area contributed by atoms with Crippen molar-refractivity contribution in [1.29, 1.82) is 0 Å². The Morgan fingerprint density at radius 3 is 3.07 bits per heavy atom. The van der Waals surface area contributed by atoms with Gasteiger partial charge in [-0.25, -0.2) is 4.98 Å². The first-order valence-corrected chi connectivity index (χ1v) is 4.65. The highest BCUT2D eigenvalue weighted by molar-refractivity contribution is 6.32. The highest BCUT2D eigenvalue weighted by Crippen LogP contribution is 2.15. The van der Waals surface area contributed by atoms with Crippen LogP contribution in [-0.4, -0.2) is 15.2 Å². The van der Waals surface area contributed by atoms with Crippen LogP contribution in [0.4, 0.5) is 0 Å². The highest BCUT2D eigenvalue weighted by Gasteiger charge is 2.03. The molecule has 0 aliphatic heterocycles. The third-order valence-electron chi connectivity index (χ3n) is 2.00. The van der Waals surface area contributed by atoms with Crippen molar-refractivity contribution in [1.82, 2.24) is 9.38 Å². The molecule has 0 aliphatic carbocycles. The van der Waals surface area contributed by atoms with Gasteiger partial charge in [0.05, 0.1) is 5.52 Å². The van der Waals surface area contributed by atoms with E-state index in [4.69, 9.17) is 11.6 Å². The SMILES string of the molecule is CC(=O)Cc1ccc2c(Cl)ncn2c1. The van der Waals surface area contributed by atoms with Crippen LogP contribution in [0, 0.1) is 0 Å². The van der Waals surface area contributed by atoms with Crippen LogP contribution in [0.5, 0.6) is 0 Å². The lowest BCUT2D eigenvalue weighted by atomic mass is 10.1. The number of Topliss-reactive ketones (excluding diaryl/α,β-unsaturated/α-hetero) is 1. The van der Waals surface area contributed by atoms with Crippen LogP contribution >= 0.6 is 11.6 Å². The molecule has 0 fully saturated rings. The number of carbonyl (C=O) groups excluding carboxylic acids is 1. The average molecular weight is 209 g/mol. The molecule has 0 aromatic carbocycles. The Balaban J connectivity index is 2.46. The predicted octanol–water partition coefficient (Wildman–Crippen LogP) is 2.12. The van der Waals surface area contributed by atoms with Crippen LogP contribution in [0.2, 0.25) is 5.15 Å². The van der Waals surface area contributed by atoms with Gasteiger partial charge in [-0.1, -0.05) is 17.7 Å². The molecule has 0 atom stereocenters. The predicted molar refractivity (Wildman–Crippen MR) is 54.6 cm³/mol. The number of aromatic nitrogens is 2. The molecule has 2 rings (SSSR count). The van der Waals surface area contributed by atoms with Gasteiger partial charge in [-0.2, -0.15) is 0 Å². The van der Waals surface area contributed by atoms with E-state index in [1.165, 1.54) is 0 Å². The van der Waals surface area contributed by atoms with E-state index in [2.05, 4.69) is 4.98 Å². The van der Waals surface area contributed by atoms with Gasteiger partial charge < -0.3 is 4.40 Å². The van der Waals surface area contributed by atoms with Crippen molar-refractivity contribution in [3.63, 3.8) is 0 Å². The van der Waals surface area contributed by atoms with Gasteiger partial charge in [0, 0.05) is 12.6 Å². The van der Waals surface area contributed by atoms with Gasteiger partial charge in [0.1, 0.15) is 12.1 Å². The van der Waals surface area contributed by atoms with Crippen molar-refractivity contribution in [2.45, 2.75) is 13.3 Å². The third kappa shape index (κ3) is 1.63. The first-order valence-electron chi connectivity index (χ1n) is 4.27. The molecule has 0 spiro atoms. The molecule has 0 saturated carbocycles. The summed E-state index contributed by atoms with van der Waals surface area (Å²) < 4.78 is 1.82. The molecular weight excluding hydrogens is 200 g/mol. The van der Waals surface area contributed by atoms with Crippen molar-refractivity contribution in [2.24, 2.45) is 0 Å². The number of nitrogens with zero attached hydrogens (tertiary/aromatic N) is 2. The van der Waals surface area contributed by atoms with E-state index in [0.29, 0.717) is 11.6 Å². The smallest absolute Gasteiger partial charge is 0.154 e. The number of imidazole rings is 1. The fourth-order valence-electron chi connectivity index (χ4n) is 1.41. The Bertz CT molecular complexity index is 490. The maximum absolute atomic E-state index is 10.9. The molecule has 3 nitrogen and oxygen atoms in total. The average Bonchev–Trinajstić information content (AvgIpc) is 2.46. The maximum Gasteiger partial charge on any atom is 0.154 e. The van der Waals surface area contributed by atoms with Crippen molar-refractivity contribution in [3.8, 4) is 0 Å². The van der Waals surface area contributed by atoms with Gasteiger partial charge in [0.2, 0.25) is 0 Å². The highest BCUT2D eigenvalue weighted by atomic mass is 35.5. The molecule has 0 bridgehead atoms. The van der Waals surface area contributed by atoms with Crippen molar-refractivity contribution in [2.75, 3.05) is 0 Å². The molecule has 4 heteroatoms. The Hall–Kier alpha value is -1.35. The summed E-state index contributed by atoms with van der Waals surface area (Å²) in [6, 6.07) is 3.76. The van der Waals surface area contributed by atoms with E-state index < -0.39 is 0 Å². The number of ketones is 1. The van der Waals surface area contributed by atoms with Gasteiger partial charge in [-0.3, -0.25) is 4.79 Å². The van der Waals surface area contributed by atoms with Gasteiger partial charge in [0.15, 0.2) is 5.15 Å². The molecule has 0 radical (unpaired) electrons. The lowest BCUT2D eigenvalue weighted by Gasteiger charge is -1.99. The lowest BCUT2D eigenvalue weighted by molar-refractivity contribution is -0.116. The minimum absolute atomic E-state index is 0.149. The van der Waals surface area contributed by atoms with E-state index in [0.717, 1.165) is 11.1 Å². The Kier molecular flexibility index (Phi) is 2.25. The van der Waals surface area contributed by atoms with E-state index in [-0.39, 0.29) is 5.78 Å². The number of carbonyl (C=O) groups is 1. The molecule has 2 aromatic rings. The Morgan fingerprint density at radius 1 is 1.57 bits per heavy atom. The van der Waals surface area contributed by atoms with Gasteiger partial charge >= 0.3 is 0 Å². The van der Waals surface area contributed by atoms with Crippen LogP contribution in [0.25, 0.3) is 5.52 Å². The topological polar surface area (TPSA) is 34.4 Å². The standard InChI is InChI=1S/C10H9ClN2O/c1-7(14)4-8-2-3-9-10(11)12-6-13(9)5-8/h2-3,5-6H,4H2,1H3. The van der Waals surface area contributed by atoms with E-state index >= 15 is 0 Å². The summed E-state index contributed by atoms with van der Waals surface area (Å²) in [7, 11) is 0. The number of pyridine rings is 1. The van der Waals surface area contributed by atoms with Crippen LogP contribution in [-0.2, 0) is 11.2 Å². The summed E-state index contributed by atoms with van der Waals surface area (Å²) in [6.07, 6.45) is 3.96. The van der Waals surface area contributed by atoms with Crippen LogP contribution in [0.15, 0.2) is 24.7 Å². The van der Waals surface area contributed by atoms with E-state index in [1.807, 2.05) is 22.7 Å². The molecule has 0 unspecified atom stereocenters.